The molecule has 402 valence electrons. The van der Waals surface area contributed by atoms with E-state index in [1.54, 1.807) is 0 Å². The summed E-state index contributed by atoms with van der Waals surface area (Å²) in [6, 6.07) is 111. The van der Waals surface area contributed by atoms with Crippen molar-refractivity contribution in [1.29, 1.82) is 0 Å². The Labute approximate surface area is 498 Å². The Kier molecular flexibility index (Phi) is 12.8. The van der Waals surface area contributed by atoms with Gasteiger partial charge in [0.1, 0.15) is 0 Å². The first-order chi connectivity index (χ1) is 41.8. The number of rotatable bonds is 10. The summed E-state index contributed by atoms with van der Waals surface area (Å²) in [6.45, 7) is 6.75. The zero-order valence-electron chi connectivity index (χ0n) is 47.7. The molecule has 0 aliphatic carbocycles. The van der Waals surface area contributed by atoms with Crippen LogP contribution in [0.2, 0.25) is 0 Å². The van der Waals surface area contributed by atoms with Crippen molar-refractivity contribution in [2.45, 2.75) is 26.2 Å². The number of aromatic nitrogens is 2. The number of para-hydroxylation sites is 2. The van der Waals surface area contributed by atoms with E-state index in [1.165, 1.54) is 22.0 Å². The number of benzene rings is 11. The van der Waals surface area contributed by atoms with Crippen molar-refractivity contribution in [1.82, 2.24) is 9.97 Å². The predicted octanol–water partition coefficient (Wildman–Crippen LogP) is 19.2. The Morgan fingerprint density at radius 3 is 0.976 bits per heavy atom. The van der Waals surface area contributed by atoms with Crippen LogP contribution in [0.15, 0.2) is 303 Å². The maximum Gasteiger partial charge on any atom is 0.252 e. The van der Waals surface area contributed by atoms with Gasteiger partial charge in [0, 0.05) is 44.8 Å². The smallest absolute Gasteiger partial charge is 0.252 e. The Balaban J connectivity index is 1.15. The van der Waals surface area contributed by atoms with Crippen molar-refractivity contribution in [3.05, 3.63) is 309 Å². The Morgan fingerprint density at radius 1 is 0.271 bits per heavy atom. The summed E-state index contributed by atoms with van der Waals surface area (Å²) in [5, 5.41) is 0. The second kappa shape index (κ2) is 21.3. The van der Waals surface area contributed by atoms with Crippen LogP contribution >= 0.6 is 0 Å². The molecule has 0 spiro atoms. The van der Waals surface area contributed by atoms with E-state index in [0.717, 1.165) is 124 Å². The third kappa shape index (κ3) is 9.22. The van der Waals surface area contributed by atoms with E-state index < -0.39 is 0 Å². The lowest BCUT2D eigenvalue weighted by Gasteiger charge is -2.47. The highest BCUT2D eigenvalue weighted by Crippen LogP contribution is 2.54. The lowest BCUT2D eigenvalue weighted by atomic mass is 9.32. The zero-order valence-corrected chi connectivity index (χ0v) is 47.7. The van der Waals surface area contributed by atoms with Crippen LogP contribution < -0.4 is 26.2 Å². The molecule has 0 atom stereocenters. The molecule has 0 N–H and O–H groups in total. The van der Waals surface area contributed by atoms with Gasteiger partial charge in [0.05, 0.1) is 45.5 Å². The van der Waals surface area contributed by atoms with E-state index in [9.17, 15) is 0 Å². The monoisotopic (exact) mass is 1090 g/mol. The van der Waals surface area contributed by atoms with Crippen LogP contribution in [0.5, 0.6) is 0 Å². The van der Waals surface area contributed by atoms with E-state index in [2.05, 4.69) is 334 Å². The molecule has 4 heterocycles. The maximum atomic E-state index is 5.69. The van der Waals surface area contributed by atoms with Gasteiger partial charge in [-0.3, -0.25) is 0 Å². The molecule has 13 aromatic rings. The maximum absolute atomic E-state index is 5.69. The molecule has 0 fully saturated rings. The quantitative estimate of drug-likeness (QED) is 0.128. The normalized spacial score (nSPS) is 12.3. The molecule has 11 aromatic carbocycles. The van der Waals surface area contributed by atoms with Gasteiger partial charge < -0.3 is 9.80 Å². The molecule has 0 saturated heterocycles. The molecule has 5 heteroatoms. The van der Waals surface area contributed by atoms with E-state index >= 15 is 0 Å². The summed E-state index contributed by atoms with van der Waals surface area (Å²) >= 11 is 0. The van der Waals surface area contributed by atoms with Gasteiger partial charge >= 0.3 is 0 Å². The van der Waals surface area contributed by atoms with Crippen molar-refractivity contribution in [3.63, 3.8) is 0 Å². The van der Waals surface area contributed by atoms with Crippen molar-refractivity contribution >= 4 is 57.2 Å². The van der Waals surface area contributed by atoms with Crippen molar-refractivity contribution in [2.24, 2.45) is 0 Å². The van der Waals surface area contributed by atoms with E-state index in [1.807, 2.05) is 0 Å². The van der Waals surface area contributed by atoms with Gasteiger partial charge in [-0.05, 0) is 121 Å². The minimum absolute atomic E-state index is 0.284. The molecule has 2 aliphatic rings. The average molecular weight is 1090 g/mol. The van der Waals surface area contributed by atoms with Crippen LogP contribution in [0.3, 0.4) is 0 Å². The molecule has 0 radical (unpaired) electrons. The Hall–Kier alpha value is -10.6. The average Bonchev–Trinajstić information content (AvgIpc) is 0.766. The van der Waals surface area contributed by atoms with Crippen LogP contribution in [-0.4, -0.2) is 16.7 Å². The molecule has 4 nitrogen and oxygen atoms in total. The number of nitrogens with zero attached hydrogens (tertiary/aromatic N) is 4. The molecule has 0 bridgehead atoms. The highest BCUT2D eigenvalue weighted by atomic mass is 15.2. The largest absolute Gasteiger partial charge is 0.310 e. The molecule has 85 heavy (non-hydrogen) atoms. The SMILES string of the molecule is CC(C)(C)c1cc2c3c(c1)N(c1ccccc1-c1ccccc1)c1c(cc(-c4ccccc4)cc1-c1cccc(-c4ccccc4)n1)B3c1cc(-c3ccccc3)cc(-c3cccc(-c4ccccc4)n3)c1N2c1ccccc1-c1ccccc1. The molecule has 0 saturated carbocycles. The third-order valence-corrected chi connectivity index (χ3v) is 17.0. The van der Waals surface area contributed by atoms with E-state index in [-0.39, 0.29) is 12.1 Å². The number of fused-ring (bicyclic) bond motifs is 4. The fourth-order valence-corrected chi connectivity index (χ4v) is 12.9. The van der Waals surface area contributed by atoms with E-state index in [4.69, 9.17) is 9.97 Å². The van der Waals surface area contributed by atoms with Crippen molar-refractivity contribution < 1.29 is 0 Å². The van der Waals surface area contributed by atoms with Crippen LogP contribution in [0.4, 0.5) is 34.1 Å². The zero-order chi connectivity index (χ0) is 57.0. The molecule has 15 rings (SSSR count). The fraction of sp³-hybridized carbons (Fsp3) is 0.0500. The fourth-order valence-electron chi connectivity index (χ4n) is 12.9. The number of anilines is 6. The lowest BCUT2D eigenvalue weighted by molar-refractivity contribution is 0.590. The minimum Gasteiger partial charge on any atom is -0.310 e. The van der Waals surface area contributed by atoms with Gasteiger partial charge in [0.25, 0.3) is 6.71 Å². The predicted molar refractivity (Wildman–Crippen MR) is 358 cm³/mol. The summed E-state index contributed by atoms with van der Waals surface area (Å²) in [4.78, 5) is 16.6. The summed E-state index contributed by atoms with van der Waals surface area (Å²) in [7, 11) is 0. The number of hydrogen-bond acceptors (Lipinski definition) is 4. The molecule has 2 aliphatic heterocycles. The van der Waals surface area contributed by atoms with Crippen LogP contribution in [0.25, 0.3) is 89.5 Å². The van der Waals surface area contributed by atoms with Gasteiger partial charge in [0.15, 0.2) is 0 Å². The lowest BCUT2D eigenvalue weighted by Crippen LogP contribution is -2.62. The first kappa shape index (κ1) is 51.3. The Bertz CT molecular complexity index is 4330. The standard InChI is InChI=1S/C80H59BN4/c1-80(2,3)62-52-75-77-76(53-62)85(74-47-25-23-41-64(74)57-34-16-7-17-35-57)79-66(72-45-27-43-70(83-72)59-38-20-9-21-39-59)49-61(55-30-12-5-13-31-55)51-68(79)81(77)67-50-60(54-28-10-4-11-29-54)48-65(71-44-26-42-69(82-71)58-36-18-8-19-37-58)78(67)84(75)73-46-24-22-40-63(73)56-32-14-6-15-33-56/h4-53H,1-3H3. The Morgan fingerprint density at radius 2 is 0.600 bits per heavy atom. The first-order valence-electron chi connectivity index (χ1n) is 29.4. The highest BCUT2D eigenvalue weighted by molar-refractivity contribution is 7.00. The summed E-state index contributed by atoms with van der Waals surface area (Å²) in [6.07, 6.45) is 0. The van der Waals surface area contributed by atoms with Crippen molar-refractivity contribution in [2.75, 3.05) is 9.80 Å². The van der Waals surface area contributed by atoms with Gasteiger partial charge in [-0.15, -0.1) is 0 Å². The second-order valence-corrected chi connectivity index (χ2v) is 23.3. The highest BCUT2D eigenvalue weighted by Gasteiger charge is 2.47. The molecule has 2 aromatic heterocycles. The molecular formula is C80H59BN4. The summed E-state index contributed by atoms with van der Waals surface area (Å²) in [5.74, 6) is 0. The minimum atomic E-state index is -0.302. The number of pyridine rings is 2. The van der Waals surface area contributed by atoms with Crippen molar-refractivity contribution in [3.8, 4) is 89.5 Å². The van der Waals surface area contributed by atoms with Crippen LogP contribution in [0, 0.1) is 0 Å². The molecule has 0 amide bonds. The third-order valence-electron chi connectivity index (χ3n) is 17.0. The number of hydrogen-bond donors (Lipinski definition) is 0. The first-order valence-corrected chi connectivity index (χ1v) is 29.4. The van der Waals surface area contributed by atoms with Gasteiger partial charge in [-0.1, -0.05) is 263 Å². The van der Waals surface area contributed by atoms with Gasteiger partial charge in [-0.2, -0.15) is 0 Å². The van der Waals surface area contributed by atoms with Crippen LogP contribution in [0.1, 0.15) is 26.3 Å². The van der Waals surface area contributed by atoms with Gasteiger partial charge in [-0.25, -0.2) is 9.97 Å². The summed E-state index contributed by atoms with van der Waals surface area (Å²) < 4.78 is 0. The topological polar surface area (TPSA) is 32.3 Å². The molecule has 0 unspecified atom stereocenters. The van der Waals surface area contributed by atoms with Gasteiger partial charge in [0.2, 0.25) is 0 Å². The summed E-state index contributed by atoms with van der Waals surface area (Å²) in [5.41, 5.74) is 28.0. The van der Waals surface area contributed by atoms with E-state index in [0.29, 0.717) is 0 Å². The molecular weight excluding hydrogens is 1030 g/mol. The van der Waals surface area contributed by atoms with Crippen LogP contribution in [-0.2, 0) is 5.41 Å². The second-order valence-electron chi connectivity index (χ2n) is 23.3.